The van der Waals surface area contributed by atoms with E-state index in [0.29, 0.717) is 25.9 Å². The summed E-state index contributed by atoms with van der Waals surface area (Å²) in [7, 11) is 0. The molecule has 1 unspecified atom stereocenters. The molecule has 1 saturated heterocycles. The fourth-order valence-corrected chi connectivity index (χ4v) is 2.90. The van der Waals surface area contributed by atoms with Crippen LogP contribution in [0.15, 0.2) is 16.8 Å². The topological polar surface area (TPSA) is 57.6 Å². The Kier molecular flexibility index (Phi) is 3.71. The summed E-state index contributed by atoms with van der Waals surface area (Å²) in [5.74, 6) is -0.748. The molecule has 2 rings (SSSR count). The van der Waals surface area contributed by atoms with Gasteiger partial charge in [0.1, 0.15) is 0 Å². The number of aryl methyl sites for hydroxylation is 1. The van der Waals surface area contributed by atoms with Crippen molar-refractivity contribution in [2.75, 3.05) is 13.1 Å². The zero-order chi connectivity index (χ0) is 13.2. The zero-order valence-electron chi connectivity index (χ0n) is 10.4. The van der Waals surface area contributed by atoms with Crippen LogP contribution in [0, 0.1) is 5.41 Å². The minimum atomic E-state index is -0.810. The smallest absolute Gasteiger partial charge is 0.311 e. The minimum Gasteiger partial charge on any atom is -0.481 e. The number of nitrogens with zero attached hydrogens (tertiary/aromatic N) is 1. The fourth-order valence-electron chi connectivity index (χ4n) is 2.19. The van der Waals surface area contributed by atoms with Crippen molar-refractivity contribution in [1.29, 1.82) is 0 Å². The lowest BCUT2D eigenvalue weighted by atomic mass is 9.90. The highest BCUT2D eigenvalue weighted by molar-refractivity contribution is 7.07. The summed E-state index contributed by atoms with van der Waals surface area (Å²) in [5.41, 5.74) is 0.409. The van der Waals surface area contributed by atoms with E-state index in [1.54, 1.807) is 23.2 Å². The molecule has 1 amide bonds. The molecule has 1 aromatic heterocycles. The molecule has 0 aromatic carbocycles. The Morgan fingerprint density at radius 3 is 2.89 bits per heavy atom. The van der Waals surface area contributed by atoms with Crippen molar-refractivity contribution in [3.8, 4) is 0 Å². The first-order valence-electron chi connectivity index (χ1n) is 6.03. The minimum absolute atomic E-state index is 0.0613. The highest BCUT2D eigenvalue weighted by Gasteiger charge is 2.41. The van der Waals surface area contributed by atoms with Gasteiger partial charge in [0.25, 0.3) is 0 Å². The largest absolute Gasteiger partial charge is 0.481 e. The third-order valence-electron chi connectivity index (χ3n) is 3.55. The van der Waals surface area contributed by atoms with Gasteiger partial charge in [-0.3, -0.25) is 9.59 Å². The van der Waals surface area contributed by atoms with Gasteiger partial charge in [-0.05, 0) is 42.2 Å². The number of thiophene rings is 1. The van der Waals surface area contributed by atoms with Gasteiger partial charge in [0, 0.05) is 19.5 Å². The highest BCUT2D eigenvalue weighted by Crippen LogP contribution is 2.30. The second kappa shape index (κ2) is 5.10. The van der Waals surface area contributed by atoms with Crippen LogP contribution < -0.4 is 0 Å². The number of amides is 1. The molecule has 1 aromatic rings. The van der Waals surface area contributed by atoms with Crippen LogP contribution in [0.5, 0.6) is 0 Å². The first-order valence-corrected chi connectivity index (χ1v) is 6.98. The van der Waals surface area contributed by atoms with Crippen LogP contribution in [0.2, 0.25) is 0 Å². The van der Waals surface area contributed by atoms with Crippen molar-refractivity contribution < 1.29 is 14.7 Å². The summed E-state index contributed by atoms with van der Waals surface area (Å²) in [5, 5.41) is 13.2. The number of likely N-dealkylation sites (tertiary alicyclic amines) is 1. The van der Waals surface area contributed by atoms with Crippen LogP contribution in [0.25, 0.3) is 0 Å². The monoisotopic (exact) mass is 267 g/mol. The molecule has 0 saturated carbocycles. The standard InChI is InChI=1S/C13H17NO3S/c1-13(12(16)17)5-6-14(9-13)11(15)3-2-10-4-7-18-8-10/h4,7-8H,2-3,5-6,9H2,1H3,(H,16,17). The Bertz CT molecular complexity index is 443. The van der Waals surface area contributed by atoms with Gasteiger partial charge in [0.05, 0.1) is 5.41 Å². The summed E-state index contributed by atoms with van der Waals surface area (Å²) in [6.45, 7) is 2.61. The number of carboxylic acids is 1. The molecule has 18 heavy (non-hydrogen) atoms. The summed E-state index contributed by atoms with van der Waals surface area (Å²) >= 11 is 1.62. The molecule has 1 N–H and O–H groups in total. The molecular weight excluding hydrogens is 250 g/mol. The van der Waals surface area contributed by atoms with Crippen molar-refractivity contribution >= 4 is 23.2 Å². The van der Waals surface area contributed by atoms with Crippen LogP contribution in [-0.4, -0.2) is 35.0 Å². The van der Waals surface area contributed by atoms with E-state index in [1.807, 2.05) is 16.8 Å². The van der Waals surface area contributed by atoms with Gasteiger partial charge in [-0.25, -0.2) is 0 Å². The molecule has 1 aliphatic rings. The fraction of sp³-hybridized carbons (Fsp3) is 0.538. The summed E-state index contributed by atoms with van der Waals surface area (Å²) < 4.78 is 0. The summed E-state index contributed by atoms with van der Waals surface area (Å²) in [6.07, 6.45) is 1.75. The molecule has 4 nitrogen and oxygen atoms in total. The summed E-state index contributed by atoms with van der Waals surface area (Å²) in [4.78, 5) is 24.8. The molecular formula is C13H17NO3S. The van der Waals surface area contributed by atoms with Crippen LogP contribution in [-0.2, 0) is 16.0 Å². The van der Waals surface area contributed by atoms with Gasteiger partial charge in [0.2, 0.25) is 5.91 Å². The predicted molar refractivity (Wildman–Crippen MR) is 69.6 cm³/mol. The first kappa shape index (κ1) is 13.1. The Labute approximate surface area is 110 Å². The van der Waals surface area contributed by atoms with Crippen LogP contribution in [0.3, 0.4) is 0 Å². The lowest BCUT2D eigenvalue weighted by Crippen LogP contribution is -2.34. The number of rotatable bonds is 4. The molecule has 1 aliphatic heterocycles. The first-order chi connectivity index (χ1) is 8.51. The van der Waals surface area contributed by atoms with Crippen molar-refractivity contribution in [1.82, 2.24) is 4.90 Å². The molecule has 0 spiro atoms. The zero-order valence-corrected chi connectivity index (χ0v) is 11.2. The number of hydrogen-bond donors (Lipinski definition) is 1. The lowest BCUT2D eigenvalue weighted by molar-refractivity contribution is -0.147. The molecule has 0 bridgehead atoms. The van der Waals surface area contributed by atoms with Gasteiger partial charge < -0.3 is 10.0 Å². The molecule has 5 heteroatoms. The second-order valence-corrected chi connectivity index (χ2v) is 5.84. The highest BCUT2D eigenvalue weighted by atomic mass is 32.1. The van der Waals surface area contributed by atoms with Crippen molar-refractivity contribution in [3.63, 3.8) is 0 Å². The Morgan fingerprint density at radius 2 is 2.33 bits per heavy atom. The van der Waals surface area contributed by atoms with Gasteiger partial charge in [-0.1, -0.05) is 0 Å². The number of carbonyl (C=O) groups excluding carboxylic acids is 1. The number of carboxylic acid groups (broad SMARTS) is 1. The van der Waals surface area contributed by atoms with Crippen molar-refractivity contribution in [2.45, 2.75) is 26.2 Å². The number of carbonyl (C=O) groups is 2. The van der Waals surface area contributed by atoms with E-state index in [9.17, 15) is 9.59 Å². The molecule has 0 radical (unpaired) electrons. The SMILES string of the molecule is CC1(C(=O)O)CCN(C(=O)CCc2ccsc2)C1. The molecule has 1 fully saturated rings. The average molecular weight is 267 g/mol. The second-order valence-electron chi connectivity index (χ2n) is 5.06. The van der Waals surface area contributed by atoms with E-state index in [-0.39, 0.29) is 5.91 Å². The average Bonchev–Trinajstić information content (AvgIpc) is 2.95. The molecule has 2 heterocycles. The van der Waals surface area contributed by atoms with Gasteiger partial charge in [-0.2, -0.15) is 11.3 Å². The summed E-state index contributed by atoms with van der Waals surface area (Å²) in [6, 6.07) is 2.02. The van der Waals surface area contributed by atoms with Crippen LogP contribution in [0.4, 0.5) is 0 Å². The molecule has 1 atom stereocenters. The Hall–Kier alpha value is -1.36. The van der Waals surface area contributed by atoms with E-state index in [4.69, 9.17) is 5.11 Å². The Morgan fingerprint density at radius 1 is 1.56 bits per heavy atom. The number of hydrogen-bond acceptors (Lipinski definition) is 3. The van der Waals surface area contributed by atoms with E-state index >= 15 is 0 Å². The van der Waals surface area contributed by atoms with E-state index in [2.05, 4.69) is 0 Å². The molecule has 98 valence electrons. The maximum absolute atomic E-state index is 12.0. The maximum Gasteiger partial charge on any atom is 0.311 e. The Balaban J connectivity index is 1.86. The van der Waals surface area contributed by atoms with Gasteiger partial charge in [-0.15, -0.1) is 0 Å². The predicted octanol–water partition coefficient (Wildman–Crippen LogP) is 2.00. The van der Waals surface area contributed by atoms with Gasteiger partial charge >= 0.3 is 5.97 Å². The van der Waals surface area contributed by atoms with E-state index < -0.39 is 11.4 Å². The van der Waals surface area contributed by atoms with E-state index in [0.717, 1.165) is 6.42 Å². The lowest BCUT2D eigenvalue weighted by Gasteiger charge is -2.20. The number of aliphatic carboxylic acids is 1. The third kappa shape index (κ3) is 2.72. The van der Waals surface area contributed by atoms with Crippen molar-refractivity contribution in [3.05, 3.63) is 22.4 Å². The van der Waals surface area contributed by atoms with Crippen molar-refractivity contribution in [2.24, 2.45) is 5.41 Å². The van der Waals surface area contributed by atoms with Crippen LogP contribution >= 0.6 is 11.3 Å². The van der Waals surface area contributed by atoms with E-state index in [1.165, 1.54) is 5.56 Å². The molecule has 0 aliphatic carbocycles. The maximum atomic E-state index is 12.0. The van der Waals surface area contributed by atoms with Gasteiger partial charge in [0.15, 0.2) is 0 Å². The normalized spacial score (nSPS) is 23.3. The van der Waals surface area contributed by atoms with Crippen LogP contribution in [0.1, 0.15) is 25.3 Å². The quantitative estimate of drug-likeness (QED) is 0.907. The third-order valence-corrected chi connectivity index (χ3v) is 4.28.